The van der Waals surface area contributed by atoms with Crippen LogP contribution in [0.4, 0.5) is 0 Å². The van der Waals surface area contributed by atoms with E-state index in [-0.39, 0.29) is 12.1 Å². The lowest BCUT2D eigenvalue weighted by molar-refractivity contribution is -0.117. The normalized spacial score (nSPS) is 10.9. The Balaban J connectivity index is 1.71. The van der Waals surface area contributed by atoms with E-state index in [4.69, 9.17) is 25.8 Å². The fourth-order valence-electron chi connectivity index (χ4n) is 3.12. The molecule has 3 rings (SSSR count). The van der Waals surface area contributed by atoms with Gasteiger partial charge in [-0.1, -0.05) is 23.7 Å². The quantitative estimate of drug-likeness (QED) is 0.159. The molecular weight excluding hydrogens is 694 g/mol. The molecule has 0 aromatic heterocycles. The van der Waals surface area contributed by atoms with Gasteiger partial charge in [-0.15, -0.1) is 0 Å². The maximum atomic E-state index is 12.7. The third-order valence-electron chi connectivity index (χ3n) is 4.93. The van der Waals surface area contributed by atoms with Crippen LogP contribution in [0.1, 0.15) is 16.7 Å². The van der Waals surface area contributed by atoms with Crippen molar-refractivity contribution in [3.8, 4) is 23.3 Å². The number of hydrogen-bond donors (Lipinski definition) is 1. The van der Waals surface area contributed by atoms with Crippen LogP contribution >= 0.6 is 56.8 Å². The Morgan fingerprint density at radius 3 is 2.34 bits per heavy atom. The zero-order valence-corrected chi connectivity index (χ0v) is 24.0. The van der Waals surface area contributed by atoms with Crippen molar-refractivity contribution in [3.63, 3.8) is 0 Å². The van der Waals surface area contributed by atoms with E-state index in [1.165, 1.54) is 0 Å². The number of halogens is 3. The fourth-order valence-corrected chi connectivity index (χ4v) is 5.37. The molecule has 0 bridgehead atoms. The monoisotopic (exact) mass is 714 g/mol. The smallest absolute Gasteiger partial charge is 0.262 e. The van der Waals surface area contributed by atoms with Gasteiger partial charge in [0, 0.05) is 23.2 Å². The Kier molecular flexibility index (Phi) is 10.1. The van der Waals surface area contributed by atoms with Crippen LogP contribution in [-0.4, -0.2) is 20.1 Å². The number of methoxy groups -OCH3 is 2. The third-order valence-corrected chi connectivity index (χ3v) is 6.78. The van der Waals surface area contributed by atoms with Gasteiger partial charge in [-0.3, -0.25) is 4.79 Å². The standard InChI is InChI=1S/C26H21ClI2N2O4/c1-33-21-8-5-18(24(12-21)34-2)14-31-26(32)19(13-30)9-17-10-22(28)25(23(29)11-17)35-15-16-3-6-20(27)7-4-16/h3-12H,14-15H2,1-2H3,(H,31,32)/b19-9+. The van der Waals surface area contributed by atoms with Crippen LogP contribution < -0.4 is 19.5 Å². The fraction of sp³-hybridized carbons (Fsp3) is 0.154. The van der Waals surface area contributed by atoms with Crippen LogP contribution in [0.25, 0.3) is 6.08 Å². The van der Waals surface area contributed by atoms with Crippen molar-refractivity contribution in [1.29, 1.82) is 5.26 Å². The van der Waals surface area contributed by atoms with Gasteiger partial charge in [0.2, 0.25) is 0 Å². The molecule has 35 heavy (non-hydrogen) atoms. The number of amides is 1. The average molecular weight is 715 g/mol. The summed E-state index contributed by atoms with van der Waals surface area (Å²) in [5.41, 5.74) is 2.50. The predicted octanol–water partition coefficient (Wildman–Crippen LogP) is 6.37. The second-order valence-corrected chi connectivity index (χ2v) is 10.0. The molecule has 0 radical (unpaired) electrons. The summed E-state index contributed by atoms with van der Waals surface area (Å²) in [5, 5.41) is 13.0. The summed E-state index contributed by atoms with van der Waals surface area (Å²) < 4.78 is 18.3. The van der Waals surface area contributed by atoms with Gasteiger partial charge in [0.1, 0.15) is 35.5 Å². The summed E-state index contributed by atoms with van der Waals surface area (Å²) in [5.74, 6) is 1.51. The molecule has 180 valence electrons. The Morgan fingerprint density at radius 1 is 1.06 bits per heavy atom. The molecule has 0 atom stereocenters. The van der Waals surface area contributed by atoms with Crippen molar-refractivity contribution in [2.75, 3.05) is 14.2 Å². The van der Waals surface area contributed by atoms with Crippen molar-refractivity contribution >= 4 is 68.8 Å². The summed E-state index contributed by atoms with van der Waals surface area (Å²) in [6, 6.07) is 18.5. The minimum Gasteiger partial charge on any atom is -0.497 e. The molecule has 1 amide bonds. The van der Waals surface area contributed by atoms with Crippen molar-refractivity contribution in [1.82, 2.24) is 5.32 Å². The maximum absolute atomic E-state index is 12.7. The Labute approximate surface area is 236 Å². The first-order valence-corrected chi connectivity index (χ1v) is 12.8. The molecule has 0 saturated carbocycles. The zero-order valence-electron chi connectivity index (χ0n) is 18.9. The zero-order chi connectivity index (χ0) is 25.4. The summed E-state index contributed by atoms with van der Waals surface area (Å²) in [6.07, 6.45) is 1.56. The number of hydrogen-bond acceptors (Lipinski definition) is 5. The lowest BCUT2D eigenvalue weighted by atomic mass is 10.1. The number of ether oxygens (including phenoxy) is 3. The summed E-state index contributed by atoms with van der Waals surface area (Å²) >= 11 is 10.3. The number of carbonyl (C=O) groups is 1. The number of rotatable bonds is 9. The lowest BCUT2D eigenvalue weighted by Crippen LogP contribution is -2.24. The van der Waals surface area contributed by atoms with Gasteiger partial charge in [0.15, 0.2) is 0 Å². The van der Waals surface area contributed by atoms with Crippen LogP contribution in [0.3, 0.4) is 0 Å². The second-order valence-electron chi connectivity index (χ2n) is 7.26. The van der Waals surface area contributed by atoms with E-state index in [0.29, 0.717) is 23.1 Å². The molecular formula is C26H21ClI2N2O4. The van der Waals surface area contributed by atoms with Crippen molar-refractivity contribution in [2.45, 2.75) is 13.2 Å². The first kappa shape index (κ1) is 27.1. The number of nitrogens with one attached hydrogen (secondary N) is 1. The van der Waals surface area contributed by atoms with Crippen LogP contribution in [-0.2, 0) is 17.9 Å². The van der Waals surface area contributed by atoms with Gasteiger partial charge >= 0.3 is 0 Å². The lowest BCUT2D eigenvalue weighted by Gasteiger charge is -2.12. The van der Waals surface area contributed by atoms with Crippen molar-refractivity contribution < 1.29 is 19.0 Å². The second kappa shape index (κ2) is 13.0. The molecule has 0 heterocycles. The van der Waals surface area contributed by atoms with Gasteiger partial charge in [0.05, 0.1) is 21.4 Å². The highest BCUT2D eigenvalue weighted by molar-refractivity contribution is 14.1. The van der Waals surface area contributed by atoms with Crippen LogP contribution in [0, 0.1) is 18.5 Å². The van der Waals surface area contributed by atoms with Gasteiger partial charge in [-0.05, 0) is 98.8 Å². The average Bonchev–Trinajstić information content (AvgIpc) is 2.86. The molecule has 3 aromatic carbocycles. The number of nitriles is 1. The number of benzene rings is 3. The molecule has 0 aliphatic rings. The van der Waals surface area contributed by atoms with Gasteiger partial charge < -0.3 is 19.5 Å². The van der Waals surface area contributed by atoms with Crippen LogP contribution in [0.5, 0.6) is 17.2 Å². The highest BCUT2D eigenvalue weighted by Crippen LogP contribution is 2.31. The highest BCUT2D eigenvalue weighted by atomic mass is 127. The van der Waals surface area contributed by atoms with Gasteiger partial charge in [-0.2, -0.15) is 5.26 Å². The minimum atomic E-state index is -0.474. The first-order chi connectivity index (χ1) is 16.8. The minimum absolute atomic E-state index is 0.00101. The van der Waals surface area contributed by atoms with E-state index in [2.05, 4.69) is 50.5 Å². The molecule has 6 nitrogen and oxygen atoms in total. The number of nitrogens with zero attached hydrogens (tertiary/aromatic N) is 1. The summed E-state index contributed by atoms with van der Waals surface area (Å²) in [6.45, 7) is 0.608. The molecule has 9 heteroatoms. The van der Waals surface area contributed by atoms with Crippen LogP contribution in [0.2, 0.25) is 5.02 Å². The summed E-state index contributed by atoms with van der Waals surface area (Å²) in [7, 11) is 3.12. The molecule has 0 saturated heterocycles. The largest absolute Gasteiger partial charge is 0.497 e. The van der Waals surface area contributed by atoms with Crippen molar-refractivity contribution in [3.05, 3.63) is 89.0 Å². The SMILES string of the molecule is COc1ccc(CNC(=O)/C(C#N)=C/c2cc(I)c(OCc3ccc(Cl)cc3)c(I)c2)c(OC)c1. The van der Waals surface area contributed by atoms with E-state index < -0.39 is 5.91 Å². The molecule has 0 aliphatic carbocycles. The van der Waals surface area contributed by atoms with Gasteiger partial charge in [-0.25, -0.2) is 0 Å². The Hall–Kier alpha value is -2.49. The summed E-state index contributed by atoms with van der Waals surface area (Å²) in [4.78, 5) is 12.7. The van der Waals surface area contributed by atoms with E-state index in [1.807, 2.05) is 42.5 Å². The third kappa shape index (κ3) is 7.49. The maximum Gasteiger partial charge on any atom is 0.262 e. The predicted molar refractivity (Wildman–Crippen MR) is 153 cm³/mol. The van der Waals surface area contributed by atoms with Gasteiger partial charge in [0.25, 0.3) is 5.91 Å². The topological polar surface area (TPSA) is 80.6 Å². The first-order valence-electron chi connectivity index (χ1n) is 10.3. The van der Waals surface area contributed by atoms with Crippen molar-refractivity contribution in [2.24, 2.45) is 0 Å². The molecule has 0 unspecified atom stereocenters. The van der Waals surface area contributed by atoms with E-state index in [9.17, 15) is 10.1 Å². The molecule has 3 aromatic rings. The van der Waals surface area contributed by atoms with E-state index in [1.54, 1.807) is 38.5 Å². The van der Waals surface area contributed by atoms with E-state index in [0.717, 1.165) is 29.6 Å². The number of carbonyl (C=O) groups excluding carboxylic acids is 1. The molecule has 0 fully saturated rings. The molecule has 1 N–H and O–H groups in total. The molecule has 0 aliphatic heterocycles. The Bertz CT molecular complexity index is 1260. The Morgan fingerprint density at radius 2 is 1.74 bits per heavy atom. The van der Waals surface area contributed by atoms with Crippen LogP contribution in [0.15, 0.2) is 60.2 Å². The molecule has 0 spiro atoms. The van der Waals surface area contributed by atoms with E-state index >= 15 is 0 Å². The highest BCUT2D eigenvalue weighted by Gasteiger charge is 2.14.